The summed E-state index contributed by atoms with van der Waals surface area (Å²) in [6.07, 6.45) is 3.72. The van der Waals surface area contributed by atoms with Crippen molar-refractivity contribution in [2.24, 2.45) is 10.9 Å². The summed E-state index contributed by atoms with van der Waals surface area (Å²) >= 11 is 0. The van der Waals surface area contributed by atoms with Gasteiger partial charge in [-0.25, -0.2) is 13.2 Å². The van der Waals surface area contributed by atoms with E-state index in [1.54, 1.807) is 6.92 Å². The number of hydrogen-bond donors (Lipinski definition) is 0. The van der Waals surface area contributed by atoms with Crippen LogP contribution in [0.15, 0.2) is 17.1 Å². The molecule has 0 bridgehead atoms. The predicted molar refractivity (Wildman–Crippen MR) is 86.1 cm³/mol. The molecular formula is C18H20F3NO3. The quantitative estimate of drug-likeness (QED) is 0.256. The Kier molecular flexibility index (Phi) is 6.33. The molecule has 1 fully saturated rings. The van der Waals surface area contributed by atoms with Crippen LogP contribution in [0.2, 0.25) is 0 Å². The lowest BCUT2D eigenvalue weighted by molar-refractivity contribution is -0.144. The number of aliphatic imine (C=N–C) groups is 1. The first-order chi connectivity index (χ1) is 11.8. The Morgan fingerprint density at radius 1 is 1.16 bits per heavy atom. The first-order valence-electron chi connectivity index (χ1n) is 8.24. The van der Waals surface area contributed by atoms with E-state index in [0.717, 1.165) is 25.7 Å². The summed E-state index contributed by atoms with van der Waals surface area (Å²) < 4.78 is 45.3. The Balaban J connectivity index is 2.39. The molecule has 1 aliphatic carbocycles. The van der Waals surface area contributed by atoms with Gasteiger partial charge in [0.2, 0.25) is 0 Å². The highest BCUT2D eigenvalue weighted by Crippen LogP contribution is 2.24. The standard InChI is InChI=1S/C18H20F3NO3/c1-3-25-18(24)16(10(2)22-11-6-4-5-7-11)17(23)12-8-14(20)15(21)9-13(12)19/h8-9,11,16H,3-7H2,1-2H3. The molecule has 0 spiro atoms. The number of halogens is 3. The van der Waals surface area contributed by atoms with E-state index in [4.69, 9.17) is 4.74 Å². The molecule has 0 N–H and O–H groups in total. The SMILES string of the molecule is CCOC(=O)C(C(=O)c1cc(F)c(F)cc1F)C(C)=NC1CCCC1. The van der Waals surface area contributed by atoms with Gasteiger partial charge in [0.15, 0.2) is 23.3 Å². The number of carbonyl (C=O) groups excluding carboxylic acids is 2. The molecule has 1 unspecified atom stereocenters. The molecule has 0 aliphatic heterocycles. The molecule has 1 aromatic carbocycles. The van der Waals surface area contributed by atoms with Crippen molar-refractivity contribution in [1.82, 2.24) is 0 Å². The highest BCUT2D eigenvalue weighted by atomic mass is 19.2. The van der Waals surface area contributed by atoms with Crippen LogP contribution >= 0.6 is 0 Å². The van der Waals surface area contributed by atoms with E-state index in [1.165, 1.54) is 6.92 Å². The van der Waals surface area contributed by atoms with E-state index in [9.17, 15) is 22.8 Å². The van der Waals surface area contributed by atoms with Crippen LogP contribution in [0.3, 0.4) is 0 Å². The monoisotopic (exact) mass is 355 g/mol. The van der Waals surface area contributed by atoms with E-state index in [1.807, 2.05) is 0 Å². The highest BCUT2D eigenvalue weighted by molar-refractivity contribution is 6.23. The fourth-order valence-corrected chi connectivity index (χ4v) is 2.96. The Bertz CT molecular complexity index is 697. The van der Waals surface area contributed by atoms with E-state index in [-0.39, 0.29) is 24.4 Å². The van der Waals surface area contributed by atoms with Gasteiger partial charge < -0.3 is 4.74 Å². The molecule has 0 radical (unpaired) electrons. The molecule has 4 nitrogen and oxygen atoms in total. The molecule has 136 valence electrons. The average molecular weight is 355 g/mol. The number of ketones is 1. The van der Waals surface area contributed by atoms with Crippen molar-refractivity contribution in [3.05, 3.63) is 35.1 Å². The summed E-state index contributed by atoms with van der Waals surface area (Å²) in [6.45, 7) is 3.09. The summed E-state index contributed by atoms with van der Waals surface area (Å²) in [5.74, 6) is -7.34. The lowest BCUT2D eigenvalue weighted by Gasteiger charge is -2.16. The van der Waals surface area contributed by atoms with Gasteiger partial charge >= 0.3 is 5.97 Å². The minimum absolute atomic E-state index is 0.000438. The fourth-order valence-electron chi connectivity index (χ4n) is 2.96. The van der Waals surface area contributed by atoms with Gasteiger partial charge in [0, 0.05) is 17.8 Å². The minimum Gasteiger partial charge on any atom is -0.465 e. The second-order valence-corrected chi connectivity index (χ2v) is 6.00. The van der Waals surface area contributed by atoms with Crippen LogP contribution in [0.4, 0.5) is 13.2 Å². The van der Waals surface area contributed by atoms with Crippen molar-refractivity contribution in [3.63, 3.8) is 0 Å². The fraction of sp³-hybridized carbons (Fsp3) is 0.500. The Hall–Kier alpha value is -2.18. The number of hydrogen-bond acceptors (Lipinski definition) is 4. The zero-order valence-corrected chi connectivity index (χ0v) is 14.2. The van der Waals surface area contributed by atoms with E-state index < -0.39 is 40.7 Å². The Labute approximate surface area is 144 Å². The molecule has 7 heteroatoms. The van der Waals surface area contributed by atoms with Crippen LogP contribution in [0.5, 0.6) is 0 Å². The smallest absolute Gasteiger partial charge is 0.322 e. The van der Waals surface area contributed by atoms with Gasteiger partial charge in [-0.1, -0.05) is 12.8 Å². The molecule has 1 aromatic rings. The number of esters is 1. The summed E-state index contributed by atoms with van der Waals surface area (Å²) in [6, 6.07) is 0.746. The zero-order chi connectivity index (χ0) is 18.6. The van der Waals surface area contributed by atoms with Gasteiger partial charge in [0.1, 0.15) is 5.82 Å². The number of benzene rings is 1. The van der Waals surface area contributed by atoms with E-state index in [2.05, 4.69) is 4.99 Å². The number of carbonyl (C=O) groups is 2. The van der Waals surface area contributed by atoms with Gasteiger partial charge in [-0.3, -0.25) is 14.6 Å². The molecule has 1 atom stereocenters. The molecule has 1 aliphatic rings. The number of Topliss-reactive ketones (excluding diaryl/α,β-unsaturated/α-hetero) is 1. The molecular weight excluding hydrogens is 335 g/mol. The maximum absolute atomic E-state index is 13.9. The van der Waals surface area contributed by atoms with Gasteiger partial charge in [-0.15, -0.1) is 0 Å². The largest absolute Gasteiger partial charge is 0.465 e. The maximum Gasteiger partial charge on any atom is 0.322 e. The minimum atomic E-state index is -1.47. The van der Waals surface area contributed by atoms with Crippen LogP contribution in [0, 0.1) is 23.4 Å². The van der Waals surface area contributed by atoms with Crippen molar-refractivity contribution in [1.29, 1.82) is 0 Å². The van der Waals surface area contributed by atoms with Crippen LogP contribution in [0.1, 0.15) is 49.9 Å². The third-order valence-electron chi connectivity index (χ3n) is 4.19. The highest BCUT2D eigenvalue weighted by Gasteiger charge is 2.34. The second-order valence-electron chi connectivity index (χ2n) is 6.00. The summed E-state index contributed by atoms with van der Waals surface area (Å²) in [4.78, 5) is 29.3. The molecule has 0 aromatic heterocycles. The second kappa shape index (κ2) is 8.27. The van der Waals surface area contributed by atoms with E-state index >= 15 is 0 Å². The molecule has 0 heterocycles. The molecule has 25 heavy (non-hydrogen) atoms. The van der Waals surface area contributed by atoms with Crippen molar-refractivity contribution in [2.45, 2.75) is 45.6 Å². The van der Waals surface area contributed by atoms with Crippen LogP contribution < -0.4 is 0 Å². The summed E-state index contributed by atoms with van der Waals surface area (Å²) in [7, 11) is 0. The number of rotatable bonds is 6. The predicted octanol–water partition coefficient (Wildman–Crippen LogP) is 3.87. The summed E-state index contributed by atoms with van der Waals surface area (Å²) in [5.41, 5.74) is -0.502. The third-order valence-corrected chi connectivity index (χ3v) is 4.19. The van der Waals surface area contributed by atoms with Gasteiger partial charge in [0.05, 0.1) is 12.2 Å². The lowest BCUT2D eigenvalue weighted by Crippen LogP contribution is -2.33. The number of nitrogens with zero attached hydrogens (tertiary/aromatic N) is 1. The lowest BCUT2D eigenvalue weighted by atomic mass is 9.93. The Morgan fingerprint density at radius 3 is 2.36 bits per heavy atom. The van der Waals surface area contributed by atoms with Gasteiger partial charge in [-0.2, -0.15) is 0 Å². The van der Waals surface area contributed by atoms with Gasteiger partial charge in [0.25, 0.3) is 0 Å². The van der Waals surface area contributed by atoms with Gasteiger partial charge in [-0.05, 0) is 32.8 Å². The van der Waals surface area contributed by atoms with Crippen molar-refractivity contribution in [2.75, 3.05) is 6.61 Å². The van der Waals surface area contributed by atoms with Crippen LogP contribution in [-0.4, -0.2) is 30.1 Å². The molecule has 1 saturated carbocycles. The van der Waals surface area contributed by atoms with Crippen molar-refractivity contribution >= 4 is 17.5 Å². The average Bonchev–Trinajstić information content (AvgIpc) is 3.04. The maximum atomic E-state index is 13.9. The van der Waals surface area contributed by atoms with Crippen LogP contribution in [0.25, 0.3) is 0 Å². The molecule has 2 rings (SSSR count). The van der Waals surface area contributed by atoms with Crippen molar-refractivity contribution in [3.8, 4) is 0 Å². The zero-order valence-electron chi connectivity index (χ0n) is 14.2. The van der Waals surface area contributed by atoms with E-state index in [0.29, 0.717) is 6.07 Å². The molecule has 0 amide bonds. The normalized spacial score (nSPS) is 16.8. The molecule has 0 saturated heterocycles. The first kappa shape index (κ1) is 19.1. The third kappa shape index (κ3) is 4.46. The van der Waals surface area contributed by atoms with Crippen LogP contribution in [-0.2, 0) is 9.53 Å². The number of ether oxygens (including phenoxy) is 1. The Morgan fingerprint density at radius 2 is 1.76 bits per heavy atom. The van der Waals surface area contributed by atoms with Crippen molar-refractivity contribution < 1.29 is 27.5 Å². The first-order valence-corrected chi connectivity index (χ1v) is 8.24. The topological polar surface area (TPSA) is 55.7 Å². The summed E-state index contributed by atoms with van der Waals surface area (Å²) in [5, 5.41) is 0.